The molecule has 1 saturated heterocycles. The van der Waals surface area contributed by atoms with Crippen molar-refractivity contribution in [2.45, 2.75) is 18.9 Å². The predicted octanol–water partition coefficient (Wildman–Crippen LogP) is 0.374. The molecule has 110 valence electrons. The lowest BCUT2D eigenvalue weighted by molar-refractivity contribution is 0.0705. The summed E-state index contributed by atoms with van der Waals surface area (Å²) < 4.78 is 38.2. The van der Waals surface area contributed by atoms with E-state index in [2.05, 4.69) is 9.71 Å². The number of likely N-dealkylation sites (tertiary alicyclic amines) is 1. The van der Waals surface area contributed by atoms with Gasteiger partial charge in [-0.25, -0.2) is 18.1 Å². The van der Waals surface area contributed by atoms with Gasteiger partial charge in [0.25, 0.3) is 5.91 Å². The Hall–Kier alpha value is -1.54. The van der Waals surface area contributed by atoms with Gasteiger partial charge in [0.05, 0.1) is 11.8 Å². The summed E-state index contributed by atoms with van der Waals surface area (Å²) in [6, 6.07) is 2.73. The Balaban J connectivity index is 1.97. The molecule has 0 atom stereocenters. The van der Waals surface area contributed by atoms with E-state index >= 15 is 0 Å². The van der Waals surface area contributed by atoms with Crippen LogP contribution in [0.5, 0.6) is 0 Å². The third-order valence-electron chi connectivity index (χ3n) is 3.15. The number of halogens is 1. The number of rotatable bonds is 3. The molecule has 1 amide bonds. The highest BCUT2D eigenvalue weighted by Crippen LogP contribution is 2.15. The largest absolute Gasteiger partial charge is 0.338 e. The van der Waals surface area contributed by atoms with Crippen LogP contribution in [-0.2, 0) is 10.0 Å². The molecule has 6 nitrogen and oxygen atoms in total. The van der Waals surface area contributed by atoms with Crippen molar-refractivity contribution in [2.24, 2.45) is 0 Å². The van der Waals surface area contributed by atoms with E-state index in [1.807, 2.05) is 0 Å². The molecule has 0 spiro atoms. The van der Waals surface area contributed by atoms with Crippen LogP contribution in [0.4, 0.5) is 4.39 Å². The third-order valence-corrected chi connectivity index (χ3v) is 3.91. The van der Waals surface area contributed by atoms with E-state index in [9.17, 15) is 17.6 Å². The van der Waals surface area contributed by atoms with E-state index in [1.54, 1.807) is 0 Å². The van der Waals surface area contributed by atoms with Crippen molar-refractivity contribution in [3.63, 3.8) is 0 Å². The van der Waals surface area contributed by atoms with Crippen molar-refractivity contribution >= 4 is 15.9 Å². The van der Waals surface area contributed by atoms with Gasteiger partial charge in [-0.05, 0) is 25.0 Å². The first kappa shape index (κ1) is 14.9. The maximum Gasteiger partial charge on any atom is 0.258 e. The minimum Gasteiger partial charge on any atom is -0.338 e. The monoisotopic (exact) mass is 301 g/mol. The summed E-state index contributed by atoms with van der Waals surface area (Å²) in [6.07, 6.45) is 3.42. The Morgan fingerprint density at radius 1 is 1.45 bits per heavy atom. The number of hydrogen-bond acceptors (Lipinski definition) is 4. The minimum atomic E-state index is -3.24. The number of nitrogens with one attached hydrogen (secondary N) is 1. The molecule has 2 rings (SSSR count). The number of amides is 1. The molecule has 0 bridgehead atoms. The van der Waals surface area contributed by atoms with Gasteiger partial charge >= 0.3 is 0 Å². The smallest absolute Gasteiger partial charge is 0.258 e. The van der Waals surface area contributed by atoms with Gasteiger partial charge in [0.15, 0.2) is 0 Å². The number of nitrogens with zero attached hydrogens (tertiary/aromatic N) is 2. The molecular weight excluding hydrogens is 285 g/mol. The van der Waals surface area contributed by atoms with Crippen molar-refractivity contribution in [1.29, 1.82) is 0 Å². The van der Waals surface area contributed by atoms with E-state index in [0.717, 1.165) is 6.26 Å². The van der Waals surface area contributed by atoms with Crippen LogP contribution in [0.25, 0.3) is 0 Å². The fraction of sp³-hybridized carbons (Fsp3) is 0.500. The Morgan fingerprint density at radius 2 is 2.10 bits per heavy atom. The molecule has 20 heavy (non-hydrogen) atoms. The summed E-state index contributed by atoms with van der Waals surface area (Å²) >= 11 is 0. The summed E-state index contributed by atoms with van der Waals surface area (Å²) in [5.74, 6) is -1.19. The van der Waals surface area contributed by atoms with Crippen molar-refractivity contribution < 1.29 is 17.6 Å². The molecule has 0 unspecified atom stereocenters. The van der Waals surface area contributed by atoms with Crippen LogP contribution >= 0.6 is 0 Å². The van der Waals surface area contributed by atoms with E-state index < -0.39 is 21.9 Å². The zero-order valence-corrected chi connectivity index (χ0v) is 11.9. The van der Waals surface area contributed by atoms with Crippen molar-refractivity contribution in [1.82, 2.24) is 14.6 Å². The van der Waals surface area contributed by atoms with Crippen molar-refractivity contribution in [3.05, 3.63) is 29.8 Å². The summed E-state index contributed by atoms with van der Waals surface area (Å²) in [4.78, 5) is 17.1. The van der Waals surface area contributed by atoms with Crippen molar-refractivity contribution in [3.8, 4) is 0 Å². The maximum atomic E-state index is 13.4. The van der Waals surface area contributed by atoms with Gasteiger partial charge in [-0.15, -0.1) is 0 Å². The van der Waals surface area contributed by atoms with Gasteiger partial charge in [-0.2, -0.15) is 4.39 Å². The molecule has 1 fully saturated rings. The molecule has 1 aliphatic heterocycles. The van der Waals surface area contributed by atoms with Crippen LogP contribution in [0.1, 0.15) is 23.2 Å². The molecule has 2 heterocycles. The molecule has 1 aromatic rings. The molecule has 0 aliphatic carbocycles. The topological polar surface area (TPSA) is 79.4 Å². The summed E-state index contributed by atoms with van der Waals surface area (Å²) in [7, 11) is -3.24. The molecule has 1 N–H and O–H groups in total. The molecule has 0 aromatic carbocycles. The van der Waals surface area contributed by atoms with Gasteiger partial charge in [0.1, 0.15) is 0 Å². The average Bonchev–Trinajstić information content (AvgIpc) is 2.37. The Kier molecular flexibility index (Phi) is 4.34. The van der Waals surface area contributed by atoms with Gasteiger partial charge in [0, 0.05) is 25.3 Å². The summed E-state index contributed by atoms with van der Waals surface area (Å²) in [5, 5.41) is 0. The first-order valence-electron chi connectivity index (χ1n) is 6.24. The summed E-state index contributed by atoms with van der Waals surface area (Å²) in [6.45, 7) is 0.778. The van der Waals surface area contributed by atoms with Crippen LogP contribution in [0.2, 0.25) is 0 Å². The zero-order valence-electron chi connectivity index (χ0n) is 11.0. The van der Waals surface area contributed by atoms with E-state index in [-0.39, 0.29) is 11.6 Å². The predicted molar refractivity (Wildman–Crippen MR) is 71.1 cm³/mol. The molecule has 8 heteroatoms. The van der Waals surface area contributed by atoms with E-state index in [0.29, 0.717) is 25.9 Å². The van der Waals surface area contributed by atoms with Gasteiger partial charge in [-0.3, -0.25) is 4.79 Å². The van der Waals surface area contributed by atoms with Crippen LogP contribution in [0.3, 0.4) is 0 Å². The molecule has 0 radical (unpaired) electrons. The number of hydrogen-bond donors (Lipinski definition) is 1. The van der Waals surface area contributed by atoms with Crippen LogP contribution in [-0.4, -0.2) is 49.6 Å². The Morgan fingerprint density at radius 3 is 2.65 bits per heavy atom. The number of carbonyl (C=O) groups excluding carboxylic acids is 1. The molecular formula is C12H16FN3O3S. The number of sulfonamides is 1. The van der Waals surface area contributed by atoms with Gasteiger partial charge in [0.2, 0.25) is 16.0 Å². The molecule has 0 saturated carbocycles. The quantitative estimate of drug-likeness (QED) is 0.818. The highest BCUT2D eigenvalue weighted by atomic mass is 32.2. The second kappa shape index (κ2) is 5.84. The average molecular weight is 301 g/mol. The first-order chi connectivity index (χ1) is 9.37. The SMILES string of the molecule is CS(=O)(=O)NC1CCN(C(=O)c2cccnc2F)CC1. The highest BCUT2D eigenvalue weighted by Gasteiger charge is 2.26. The van der Waals surface area contributed by atoms with Gasteiger partial charge < -0.3 is 4.90 Å². The van der Waals surface area contributed by atoms with Crippen LogP contribution in [0.15, 0.2) is 18.3 Å². The standard InChI is InChI=1S/C12H16FN3O3S/c1-20(18,19)15-9-4-7-16(8-5-9)12(17)10-3-2-6-14-11(10)13/h2-3,6,9,15H,4-5,7-8H2,1H3. The fourth-order valence-corrected chi connectivity index (χ4v) is 3.06. The van der Waals surface area contributed by atoms with Crippen LogP contribution in [0, 0.1) is 5.95 Å². The summed E-state index contributed by atoms with van der Waals surface area (Å²) in [5.41, 5.74) is -0.0537. The van der Waals surface area contributed by atoms with Crippen LogP contribution < -0.4 is 4.72 Å². The second-order valence-electron chi connectivity index (χ2n) is 4.80. The van der Waals surface area contributed by atoms with E-state index in [1.165, 1.54) is 23.2 Å². The molecule has 1 aliphatic rings. The second-order valence-corrected chi connectivity index (χ2v) is 6.58. The zero-order chi connectivity index (χ0) is 14.8. The lowest BCUT2D eigenvalue weighted by Crippen LogP contribution is -2.46. The highest BCUT2D eigenvalue weighted by molar-refractivity contribution is 7.88. The minimum absolute atomic E-state index is 0.0537. The maximum absolute atomic E-state index is 13.4. The lowest BCUT2D eigenvalue weighted by atomic mass is 10.1. The van der Waals surface area contributed by atoms with Crippen molar-refractivity contribution in [2.75, 3.05) is 19.3 Å². The van der Waals surface area contributed by atoms with E-state index in [4.69, 9.17) is 0 Å². The normalized spacial score (nSPS) is 17.2. The lowest BCUT2D eigenvalue weighted by Gasteiger charge is -2.32. The number of piperidine rings is 1. The third kappa shape index (κ3) is 3.73. The number of aromatic nitrogens is 1. The fourth-order valence-electron chi connectivity index (χ4n) is 2.22. The van der Waals surface area contributed by atoms with Gasteiger partial charge in [-0.1, -0.05) is 0 Å². The Bertz CT molecular complexity index is 598. The number of carbonyl (C=O) groups is 1. The number of pyridine rings is 1. The first-order valence-corrected chi connectivity index (χ1v) is 8.13. The Labute approximate surface area is 117 Å². The molecule has 1 aromatic heterocycles.